The summed E-state index contributed by atoms with van der Waals surface area (Å²) in [6.45, 7) is 0.317. The molecule has 2 aromatic rings. The number of carboxylic acids is 1. The first-order chi connectivity index (χ1) is 20.1. The fraction of sp³-hybridized carbons (Fsp3) is 0.516. The number of nitrogens with zero attached hydrogens (tertiary/aromatic N) is 1. The molecule has 2 aliphatic rings. The molecule has 0 aliphatic heterocycles. The van der Waals surface area contributed by atoms with Crippen molar-refractivity contribution >= 4 is 23.6 Å². The van der Waals surface area contributed by atoms with Crippen molar-refractivity contribution in [2.45, 2.75) is 83.2 Å². The van der Waals surface area contributed by atoms with Crippen LogP contribution in [-0.4, -0.2) is 46.9 Å². The van der Waals surface area contributed by atoms with Gasteiger partial charge in [-0.25, -0.2) is 4.79 Å². The Morgan fingerprint density at radius 1 is 0.857 bits per heavy atom. The van der Waals surface area contributed by atoms with Gasteiger partial charge in [0, 0.05) is 30.4 Å². The smallest absolute Gasteiger partial charge is 0.481 e. The topological polar surface area (TPSA) is 108 Å². The van der Waals surface area contributed by atoms with Crippen LogP contribution in [0, 0.1) is 11.8 Å². The molecule has 3 amide bonds. The van der Waals surface area contributed by atoms with Crippen LogP contribution >= 0.6 is 0 Å². The number of carbonyl (C=O) groups is 3. The second-order valence-electron chi connectivity index (χ2n) is 11.2. The lowest BCUT2D eigenvalue weighted by Gasteiger charge is -2.40. The monoisotopic (exact) mass is 589 g/mol. The lowest BCUT2D eigenvalue weighted by molar-refractivity contribution is -0.274. The molecule has 3 N–H and O–H groups in total. The predicted molar refractivity (Wildman–Crippen MR) is 151 cm³/mol. The van der Waals surface area contributed by atoms with Gasteiger partial charge in [-0.15, -0.1) is 13.2 Å². The molecule has 0 radical (unpaired) electrons. The third-order valence-corrected chi connectivity index (χ3v) is 8.29. The van der Waals surface area contributed by atoms with Crippen molar-refractivity contribution in [3.05, 3.63) is 59.7 Å². The van der Waals surface area contributed by atoms with Crippen LogP contribution in [0.2, 0.25) is 0 Å². The summed E-state index contributed by atoms with van der Waals surface area (Å²) in [5, 5.41) is 14.2. The van der Waals surface area contributed by atoms with E-state index in [1.165, 1.54) is 44.2 Å². The molecule has 42 heavy (non-hydrogen) atoms. The number of amides is 3. The van der Waals surface area contributed by atoms with Crippen LogP contribution in [0.15, 0.2) is 48.5 Å². The molecule has 0 unspecified atom stereocenters. The number of halogens is 3. The van der Waals surface area contributed by atoms with E-state index in [4.69, 9.17) is 5.11 Å². The number of carbonyl (C=O) groups excluding carboxylic acids is 2. The standard InChI is InChI=1S/C31H38F3N3O5/c32-31(33,34)42-27-16-12-25(13-17-27)36-30(41)37(26-14-10-23(11-15-26)22-4-2-1-3-5-22)20-21-6-8-24(9-7-21)29(40)35-19-18-28(38)39/h6-9,12-13,16-17,22-23,26H,1-5,10-11,14-15,18-20H2,(H,35,40)(H,36,41)(H,38,39). The third-order valence-electron chi connectivity index (χ3n) is 8.29. The maximum absolute atomic E-state index is 13.6. The molecule has 228 valence electrons. The number of rotatable bonds is 10. The van der Waals surface area contributed by atoms with Gasteiger partial charge in [0.05, 0.1) is 6.42 Å². The largest absolute Gasteiger partial charge is 0.573 e. The van der Waals surface area contributed by atoms with Crippen molar-refractivity contribution in [1.29, 1.82) is 0 Å². The number of benzene rings is 2. The maximum atomic E-state index is 13.6. The number of ether oxygens (including phenoxy) is 1. The minimum absolute atomic E-state index is 0.00308. The summed E-state index contributed by atoms with van der Waals surface area (Å²) in [7, 11) is 0. The Hall–Kier alpha value is -3.76. The molecule has 2 aliphatic carbocycles. The van der Waals surface area contributed by atoms with Crippen LogP contribution in [0.5, 0.6) is 5.75 Å². The molecule has 4 rings (SSSR count). The van der Waals surface area contributed by atoms with Gasteiger partial charge in [-0.05, 0) is 79.5 Å². The average molecular weight is 590 g/mol. The summed E-state index contributed by atoms with van der Waals surface area (Å²) < 4.78 is 41.5. The van der Waals surface area contributed by atoms with Crippen molar-refractivity contribution < 1.29 is 37.4 Å². The molecule has 0 saturated heterocycles. The number of hydrogen-bond donors (Lipinski definition) is 3. The Balaban J connectivity index is 1.43. The Morgan fingerprint density at radius 2 is 1.48 bits per heavy atom. The fourth-order valence-electron chi connectivity index (χ4n) is 6.14. The number of carboxylic acid groups (broad SMARTS) is 1. The van der Waals surface area contributed by atoms with E-state index in [0.29, 0.717) is 23.7 Å². The van der Waals surface area contributed by atoms with Gasteiger partial charge in [-0.1, -0.05) is 44.2 Å². The van der Waals surface area contributed by atoms with E-state index in [2.05, 4.69) is 15.4 Å². The number of urea groups is 1. The van der Waals surface area contributed by atoms with E-state index < -0.39 is 12.3 Å². The van der Waals surface area contributed by atoms with Gasteiger partial charge in [0.2, 0.25) is 0 Å². The summed E-state index contributed by atoms with van der Waals surface area (Å²) in [5.41, 5.74) is 1.55. The second-order valence-corrected chi connectivity index (χ2v) is 11.2. The average Bonchev–Trinajstić information content (AvgIpc) is 2.97. The van der Waals surface area contributed by atoms with E-state index in [9.17, 15) is 27.6 Å². The highest BCUT2D eigenvalue weighted by Crippen LogP contribution is 2.39. The van der Waals surface area contributed by atoms with Crippen LogP contribution in [0.3, 0.4) is 0 Å². The Bertz CT molecular complexity index is 1190. The highest BCUT2D eigenvalue weighted by atomic mass is 19.4. The molecule has 2 aromatic carbocycles. The van der Waals surface area contributed by atoms with Crippen LogP contribution < -0.4 is 15.4 Å². The van der Waals surface area contributed by atoms with E-state index in [1.807, 2.05) is 0 Å². The van der Waals surface area contributed by atoms with Crippen LogP contribution in [0.1, 0.15) is 80.1 Å². The number of alkyl halides is 3. The maximum Gasteiger partial charge on any atom is 0.573 e. The zero-order valence-corrected chi connectivity index (χ0v) is 23.5. The van der Waals surface area contributed by atoms with Crippen molar-refractivity contribution in [2.24, 2.45) is 11.8 Å². The first-order valence-corrected chi connectivity index (χ1v) is 14.6. The number of hydrogen-bond acceptors (Lipinski definition) is 4. The third kappa shape index (κ3) is 9.39. The van der Waals surface area contributed by atoms with Gasteiger partial charge < -0.3 is 25.4 Å². The zero-order chi connectivity index (χ0) is 30.1. The fourth-order valence-corrected chi connectivity index (χ4v) is 6.14. The molecule has 11 heteroatoms. The van der Waals surface area contributed by atoms with Crippen LogP contribution in [0.4, 0.5) is 23.7 Å². The molecule has 8 nitrogen and oxygen atoms in total. The number of anilines is 1. The van der Waals surface area contributed by atoms with E-state index in [0.717, 1.165) is 49.3 Å². The van der Waals surface area contributed by atoms with Crippen molar-refractivity contribution in [3.63, 3.8) is 0 Å². The molecule has 0 bridgehead atoms. The van der Waals surface area contributed by atoms with Crippen LogP contribution in [0.25, 0.3) is 0 Å². The highest BCUT2D eigenvalue weighted by molar-refractivity contribution is 5.94. The Morgan fingerprint density at radius 3 is 2.07 bits per heavy atom. The lowest BCUT2D eigenvalue weighted by Crippen LogP contribution is -2.44. The molecular weight excluding hydrogens is 551 g/mol. The van der Waals surface area contributed by atoms with E-state index in [1.54, 1.807) is 29.2 Å². The Kier molecular flexibility index (Phi) is 10.7. The number of nitrogens with one attached hydrogen (secondary N) is 2. The lowest BCUT2D eigenvalue weighted by atomic mass is 9.72. The van der Waals surface area contributed by atoms with E-state index >= 15 is 0 Å². The quantitative estimate of drug-likeness (QED) is 0.278. The molecule has 0 heterocycles. The van der Waals surface area contributed by atoms with Gasteiger partial charge in [-0.2, -0.15) is 0 Å². The number of aliphatic carboxylic acids is 1. The van der Waals surface area contributed by atoms with Crippen molar-refractivity contribution in [2.75, 3.05) is 11.9 Å². The van der Waals surface area contributed by atoms with E-state index in [-0.39, 0.29) is 36.7 Å². The minimum Gasteiger partial charge on any atom is -0.481 e. The molecule has 0 spiro atoms. The van der Waals surface area contributed by atoms with Gasteiger partial charge in [0.1, 0.15) is 5.75 Å². The molecular formula is C31H38F3N3O5. The molecule has 0 atom stereocenters. The van der Waals surface area contributed by atoms with Gasteiger partial charge in [0.25, 0.3) is 5.91 Å². The first kappa shape index (κ1) is 31.2. The minimum atomic E-state index is -4.80. The summed E-state index contributed by atoms with van der Waals surface area (Å²) in [6.07, 6.45) is 5.34. The second kappa shape index (κ2) is 14.4. The molecule has 2 saturated carbocycles. The molecule has 0 aromatic heterocycles. The summed E-state index contributed by atoms with van der Waals surface area (Å²) in [4.78, 5) is 38.4. The normalized spacial score (nSPS) is 19.5. The SMILES string of the molecule is O=C(O)CCNC(=O)c1ccc(CN(C(=O)Nc2ccc(OC(F)(F)F)cc2)C2CCC(C3CCCCC3)CC2)cc1. The van der Waals surface area contributed by atoms with Crippen molar-refractivity contribution in [1.82, 2.24) is 10.2 Å². The van der Waals surface area contributed by atoms with Gasteiger partial charge >= 0.3 is 18.4 Å². The summed E-state index contributed by atoms with van der Waals surface area (Å²) >= 11 is 0. The summed E-state index contributed by atoms with van der Waals surface area (Å²) in [6, 6.07) is 11.5. The zero-order valence-electron chi connectivity index (χ0n) is 23.5. The summed E-state index contributed by atoms with van der Waals surface area (Å²) in [5.74, 6) is -0.315. The van der Waals surface area contributed by atoms with Gasteiger partial charge in [0.15, 0.2) is 0 Å². The van der Waals surface area contributed by atoms with Crippen molar-refractivity contribution in [3.8, 4) is 5.75 Å². The Labute approximate surface area is 243 Å². The highest BCUT2D eigenvalue weighted by Gasteiger charge is 2.33. The van der Waals surface area contributed by atoms with Crippen LogP contribution in [-0.2, 0) is 11.3 Å². The predicted octanol–water partition coefficient (Wildman–Crippen LogP) is 6.96. The first-order valence-electron chi connectivity index (χ1n) is 14.6. The molecule has 2 fully saturated rings. The van der Waals surface area contributed by atoms with Gasteiger partial charge in [-0.3, -0.25) is 9.59 Å².